The predicted molar refractivity (Wildman–Crippen MR) is 117 cm³/mol. The van der Waals surface area contributed by atoms with Crippen molar-refractivity contribution in [3.8, 4) is 5.69 Å². The highest BCUT2D eigenvalue weighted by molar-refractivity contribution is 5.89. The van der Waals surface area contributed by atoms with Crippen LogP contribution in [0.15, 0.2) is 30.5 Å². The Morgan fingerprint density at radius 2 is 1.87 bits per heavy atom. The molecule has 5 rings (SSSR count). The second kappa shape index (κ2) is 8.54. The zero-order valence-electron chi connectivity index (χ0n) is 17.8. The summed E-state index contributed by atoms with van der Waals surface area (Å²) in [5, 5.41) is 14.0. The molecule has 2 aliphatic carbocycles. The summed E-state index contributed by atoms with van der Waals surface area (Å²) in [4.78, 5) is 14.4. The van der Waals surface area contributed by atoms with Crippen molar-refractivity contribution in [2.75, 3.05) is 19.6 Å². The number of nitrogens with zero attached hydrogens (tertiary/aromatic N) is 3. The van der Waals surface area contributed by atoms with E-state index in [4.69, 9.17) is 0 Å². The Morgan fingerprint density at radius 1 is 1.03 bits per heavy atom. The Hall–Kier alpha value is -2.14. The van der Waals surface area contributed by atoms with Gasteiger partial charge in [-0.25, -0.2) is 9.48 Å². The largest absolute Gasteiger partial charge is 0.478 e. The van der Waals surface area contributed by atoms with Gasteiger partial charge in [0.2, 0.25) is 0 Å². The fraction of sp³-hybridized carbons (Fsp3) is 0.600. The van der Waals surface area contributed by atoms with Crippen molar-refractivity contribution in [3.05, 3.63) is 47.3 Å². The lowest BCUT2D eigenvalue weighted by Gasteiger charge is -2.36. The van der Waals surface area contributed by atoms with Gasteiger partial charge >= 0.3 is 5.97 Å². The number of aromatic carboxylic acids is 1. The molecule has 160 valence electrons. The summed E-state index contributed by atoms with van der Waals surface area (Å²) in [6.07, 6.45) is 13.2. The van der Waals surface area contributed by atoms with Gasteiger partial charge in [-0.2, -0.15) is 5.10 Å². The predicted octanol–water partition coefficient (Wildman–Crippen LogP) is 5.21. The van der Waals surface area contributed by atoms with Crippen molar-refractivity contribution in [1.29, 1.82) is 0 Å². The molecule has 2 aromatic rings. The van der Waals surface area contributed by atoms with Gasteiger partial charge in [0.25, 0.3) is 0 Å². The number of piperidine rings is 1. The number of rotatable bonds is 6. The molecule has 5 heteroatoms. The highest BCUT2D eigenvalue weighted by Crippen LogP contribution is 2.42. The van der Waals surface area contributed by atoms with E-state index in [-0.39, 0.29) is 0 Å². The topological polar surface area (TPSA) is 58.4 Å². The van der Waals surface area contributed by atoms with Crippen LogP contribution < -0.4 is 0 Å². The molecule has 0 spiro atoms. The van der Waals surface area contributed by atoms with Crippen LogP contribution in [-0.4, -0.2) is 45.4 Å². The van der Waals surface area contributed by atoms with E-state index in [2.05, 4.69) is 34.3 Å². The molecule has 1 aromatic heterocycles. The highest BCUT2D eigenvalue weighted by atomic mass is 16.4. The van der Waals surface area contributed by atoms with Crippen LogP contribution in [0.4, 0.5) is 0 Å². The molecule has 1 aromatic carbocycles. The van der Waals surface area contributed by atoms with Gasteiger partial charge in [-0.1, -0.05) is 31.4 Å². The van der Waals surface area contributed by atoms with E-state index < -0.39 is 5.97 Å². The number of carbonyl (C=O) groups is 1. The van der Waals surface area contributed by atoms with Gasteiger partial charge in [0, 0.05) is 19.0 Å². The van der Waals surface area contributed by atoms with E-state index in [0.717, 1.165) is 36.7 Å². The number of benzene rings is 1. The summed E-state index contributed by atoms with van der Waals surface area (Å²) in [5.41, 5.74) is 3.61. The monoisotopic (exact) mass is 407 g/mol. The van der Waals surface area contributed by atoms with E-state index in [9.17, 15) is 9.90 Å². The zero-order valence-corrected chi connectivity index (χ0v) is 17.8. The van der Waals surface area contributed by atoms with Crippen LogP contribution >= 0.6 is 0 Å². The molecule has 30 heavy (non-hydrogen) atoms. The second-order valence-corrected chi connectivity index (χ2v) is 9.63. The highest BCUT2D eigenvalue weighted by Gasteiger charge is 2.33. The third-order valence-electron chi connectivity index (χ3n) is 7.33. The lowest BCUT2D eigenvalue weighted by Crippen LogP contribution is -2.38. The number of hydrogen-bond donors (Lipinski definition) is 1. The summed E-state index contributed by atoms with van der Waals surface area (Å²) >= 11 is 0. The minimum atomic E-state index is -0.870. The number of carboxylic acids is 1. The molecular weight excluding hydrogens is 374 g/mol. The van der Waals surface area contributed by atoms with Crippen molar-refractivity contribution in [2.45, 2.75) is 69.6 Å². The minimum Gasteiger partial charge on any atom is -0.478 e. The normalized spacial score (nSPS) is 23.5. The molecule has 2 saturated carbocycles. The van der Waals surface area contributed by atoms with Crippen LogP contribution in [0.5, 0.6) is 0 Å². The molecule has 5 nitrogen and oxygen atoms in total. The van der Waals surface area contributed by atoms with Gasteiger partial charge in [-0.05, 0) is 74.6 Å². The number of carboxylic acid groups (broad SMARTS) is 1. The van der Waals surface area contributed by atoms with Crippen LogP contribution in [-0.2, 0) is 0 Å². The van der Waals surface area contributed by atoms with E-state index >= 15 is 0 Å². The van der Waals surface area contributed by atoms with Crippen LogP contribution in [0.25, 0.3) is 5.69 Å². The maximum atomic E-state index is 11.7. The number of hydrogen-bond acceptors (Lipinski definition) is 3. The molecule has 1 saturated heterocycles. The summed E-state index contributed by atoms with van der Waals surface area (Å²) in [6, 6.07) is 8.68. The van der Waals surface area contributed by atoms with E-state index in [0.29, 0.717) is 17.4 Å². The van der Waals surface area contributed by atoms with Gasteiger partial charge < -0.3 is 10.0 Å². The van der Waals surface area contributed by atoms with Crippen molar-refractivity contribution >= 4 is 5.97 Å². The van der Waals surface area contributed by atoms with Gasteiger partial charge in [-0.15, -0.1) is 0 Å². The molecule has 3 fully saturated rings. The van der Waals surface area contributed by atoms with Crippen LogP contribution in [0, 0.1) is 5.92 Å². The number of likely N-dealkylation sites (tertiary alicyclic amines) is 1. The average Bonchev–Trinajstić information content (AvgIpc) is 3.52. The quantitative estimate of drug-likeness (QED) is 0.714. The molecule has 1 N–H and O–H groups in total. The fourth-order valence-electron chi connectivity index (χ4n) is 5.62. The summed E-state index contributed by atoms with van der Waals surface area (Å²) in [7, 11) is 0. The molecule has 1 atom stereocenters. The lowest BCUT2D eigenvalue weighted by atomic mass is 9.86. The molecule has 0 amide bonds. The van der Waals surface area contributed by atoms with Gasteiger partial charge in [0.1, 0.15) is 5.56 Å². The SMILES string of the molecule is O=C(O)c1cnn(-c2cccc(C3CCCN(CC4CCCCC4)C3)c2)c1C1CC1. The van der Waals surface area contributed by atoms with Crippen LogP contribution in [0.1, 0.15) is 91.2 Å². The molecule has 0 bridgehead atoms. The van der Waals surface area contributed by atoms with Crippen molar-refractivity contribution < 1.29 is 9.90 Å². The maximum absolute atomic E-state index is 11.7. The Labute approximate surface area is 179 Å². The first kappa shape index (κ1) is 19.8. The number of aromatic nitrogens is 2. The summed E-state index contributed by atoms with van der Waals surface area (Å²) in [5.74, 6) is 0.914. The lowest BCUT2D eigenvalue weighted by molar-refractivity contribution is 0.0695. The first-order chi connectivity index (χ1) is 14.7. The van der Waals surface area contributed by atoms with Crippen LogP contribution in [0.2, 0.25) is 0 Å². The maximum Gasteiger partial charge on any atom is 0.339 e. The Kier molecular flexibility index (Phi) is 5.64. The van der Waals surface area contributed by atoms with Crippen molar-refractivity contribution in [2.24, 2.45) is 5.92 Å². The van der Waals surface area contributed by atoms with E-state index in [1.165, 1.54) is 69.8 Å². The Morgan fingerprint density at radius 3 is 2.63 bits per heavy atom. The third kappa shape index (κ3) is 4.18. The molecule has 2 heterocycles. The van der Waals surface area contributed by atoms with Crippen molar-refractivity contribution in [1.82, 2.24) is 14.7 Å². The smallest absolute Gasteiger partial charge is 0.339 e. The summed E-state index contributed by atoms with van der Waals surface area (Å²) < 4.78 is 1.88. The standard InChI is InChI=1S/C25H33N3O2/c29-25(30)23-15-26-28(24(23)19-11-12-19)22-10-4-8-20(14-22)21-9-5-13-27(17-21)16-18-6-2-1-3-7-18/h4,8,10,14-15,18-19,21H,1-3,5-7,9,11-13,16-17H2,(H,29,30). The fourth-order valence-corrected chi connectivity index (χ4v) is 5.62. The van der Waals surface area contributed by atoms with Gasteiger partial charge in [0.15, 0.2) is 0 Å². The van der Waals surface area contributed by atoms with E-state index in [1.807, 2.05) is 4.68 Å². The molecule has 1 aliphatic heterocycles. The van der Waals surface area contributed by atoms with E-state index in [1.54, 1.807) is 0 Å². The second-order valence-electron chi connectivity index (χ2n) is 9.63. The Bertz CT molecular complexity index is 896. The first-order valence-corrected chi connectivity index (χ1v) is 11.8. The Balaban J connectivity index is 1.34. The zero-order chi connectivity index (χ0) is 20.5. The average molecular weight is 408 g/mol. The minimum absolute atomic E-state index is 0.336. The molecule has 3 aliphatic rings. The van der Waals surface area contributed by atoms with Crippen LogP contribution in [0.3, 0.4) is 0 Å². The molecule has 1 unspecified atom stereocenters. The molecular formula is C25H33N3O2. The third-order valence-corrected chi connectivity index (χ3v) is 7.33. The van der Waals surface area contributed by atoms with Gasteiger partial charge in [0.05, 0.1) is 17.6 Å². The first-order valence-electron chi connectivity index (χ1n) is 11.8. The molecule has 0 radical (unpaired) electrons. The summed E-state index contributed by atoms with van der Waals surface area (Å²) in [6.45, 7) is 3.65. The van der Waals surface area contributed by atoms with Gasteiger partial charge in [-0.3, -0.25) is 0 Å². The van der Waals surface area contributed by atoms with Crippen molar-refractivity contribution in [3.63, 3.8) is 0 Å².